The van der Waals surface area contributed by atoms with Gasteiger partial charge in [-0.05, 0) is 18.6 Å². The molecule has 0 spiro atoms. The second-order valence-electron chi connectivity index (χ2n) is 4.46. The molecule has 5 heteroatoms. The van der Waals surface area contributed by atoms with Crippen LogP contribution in [0.2, 0.25) is 0 Å². The van der Waals surface area contributed by atoms with Gasteiger partial charge in [-0.2, -0.15) is 0 Å². The highest BCUT2D eigenvalue weighted by Crippen LogP contribution is 2.12. The van der Waals surface area contributed by atoms with Crippen LogP contribution in [0.15, 0.2) is 49.1 Å². The number of amides is 1. The zero-order chi connectivity index (χ0) is 15.2. The molecule has 1 aromatic heterocycles. The maximum Gasteiger partial charge on any atom is 0.328 e. The van der Waals surface area contributed by atoms with E-state index >= 15 is 0 Å². The fourth-order valence-corrected chi connectivity index (χ4v) is 1.95. The molecule has 0 aliphatic carbocycles. The Kier molecular flexibility index (Phi) is 4.66. The summed E-state index contributed by atoms with van der Waals surface area (Å²) < 4.78 is 4.65. The molecule has 1 N–H and O–H groups in total. The van der Waals surface area contributed by atoms with Gasteiger partial charge in [0.15, 0.2) is 0 Å². The van der Waals surface area contributed by atoms with E-state index in [2.05, 4.69) is 21.6 Å². The van der Waals surface area contributed by atoms with Gasteiger partial charge in [0.1, 0.15) is 11.7 Å². The van der Waals surface area contributed by atoms with Gasteiger partial charge in [-0.25, -0.2) is 9.78 Å². The lowest BCUT2D eigenvalue weighted by Crippen LogP contribution is -2.41. The predicted molar refractivity (Wildman–Crippen MR) is 79.8 cm³/mol. The second-order valence-corrected chi connectivity index (χ2v) is 4.46. The number of carbonyl (C=O) groups is 2. The lowest BCUT2D eigenvalue weighted by molar-refractivity contribution is -0.142. The number of esters is 1. The zero-order valence-corrected chi connectivity index (χ0v) is 11.7. The minimum Gasteiger partial charge on any atom is -0.467 e. The van der Waals surface area contributed by atoms with Gasteiger partial charge < -0.3 is 10.1 Å². The van der Waals surface area contributed by atoms with Gasteiger partial charge in [0.05, 0.1) is 12.6 Å². The monoisotopic (exact) mass is 284 g/mol. The van der Waals surface area contributed by atoms with Gasteiger partial charge in [0.2, 0.25) is 0 Å². The molecule has 21 heavy (non-hydrogen) atoms. The van der Waals surface area contributed by atoms with Crippen LogP contribution < -0.4 is 5.32 Å². The number of benzene rings is 1. The third-order valence-electron chi connectivity index (χ3n) is 3.02. The van der Waals surface area contributed by atoms with E-state index in [1.807, 2.05) is 30.3 Å². The van der Waals surface area contributed by atoms with Crippen LogP contribution in [0, 0.1) is 0 Å². The number of carbonyl (C=O) groups excluding carboxylic acids is 2. The topological polar surface area (TPSA) is 68.3 Å². The van der Waals surface area contributed by atoms with E-state index in [4.69, 9.17) is 0 Å². The van der Waals surface area contributed by atoms with Crippen LogP contribution in [0.25, 0.3) is 10.9 Å². The highest BCUT2D eigenvalue weighted by molar-refractivity contribution is 5.97. The SMILES string of the molecule is C=CC[C@@H](NC(=O)c1ccc2ccccc2n1)C(=O)OC. The summed E-state index contributed by atoms with van der Waals surface area (Å²) in [6.45, 7) is 3.56. The fraction of sp³-hybridized carbons (Fsp3) is 0.188. The molecule has 1 heterocycles. The van der Waals surface area contributed by atoms with E-state index < -0.39 is 17.9 Å². The van der Waals surface area contributed by atoms with Crippen molar-refractivity contribution in [3.05, 3.63) is 54.7 Å². The van der Waals surface area contributed by atoms with E-state index in [1.54, 1.807) is 12.1 Å². The van der Waals surface area contributed by atoms with Crippen LogP contribution in [-0.2, 0) is 9.53 Å². The quantitative estimate of drug-likeness (QED) is 0.674. The number of nitrogens with one attached hydrogen (secondary N) is 1. The van der Waals surface area contributed by atoms with Crippen molar-refractivity contribution in [3.63, 3.8) is 0 Å². The highest BCUT2D eigenvalue weighted by Gasteiger charge is 2.21. The summed E-state index contributed by atoms with van der Waals surface area (Å²) in [4.78, 5) is 28.0. The standard InChI is InChI=1S/C16H16N2O3/c1-3-6-14(16(20)21-2)18-15(19)13-10-9-11-7-4-5-8-12(11)17-13/h3-5,7-10,14H,1,6H2,2H3,(H,18,19)/t14-/m1/s1. The van der Waals surface area contributed by atoms with Crippen LogP contribution in [-0.4, -0.2) is 30.0 Å². The molecular weight excluding hydrogens is 268 g/mol. The Morgan fingerprint density at radius 2 is 2.10 bits per heavy atom. The van der Waals surface area contributed by atoms with Crippen molar-refractivity contribution in [2.24, 2.45) is 0 Å². The van der Waals surface area contributed by atoms with Crippen molar-refractivity contribution in [2.75, 3.05) is 7.11 Å². The number of nitrogens with zero attached hydrogens (tertiary/aromatic N) is 1. The van der Waals surface area contributed by atoms with E-state index in [0.29, 0.717) is 6.42 Å². The Balaban J connectivity index is 2.20. The first-order valence-electron chi connectivity index (χ1n) is 6.51. The van der Waals surface area contributed by atoms with E-state index in [0.717, 1.165) is 10.9 Å². The van der Waals surface area contributed by atoms with Gasteiger partial charge in [0.25, 0.3) is 5.91 Å². The molecule has 2 rings (SSSR count). The van der Waals surface area contributed by atoms with Crippen molar-refractivity contribution in [2.45, 2.75) is 12.5 Å². The van der Waals surface area contributed by atoms with Crippen molar-refractivity contribution >= 4 is 22.8 Å². The van der Waals surface area contributed by atoms with Crippen LogP contribution in [0.4, 0.5) is 0 Å². The summed E-state index contributed by atoms with van der Waals surface area (Å²) in [5.41, 5.74) is 0.982. The van der Waals surface area contributed by atoms with Crippen LogP contribution in [0.3, 0.4) is 0 Å². The Hall–Kier alpha value is -2.69. The molecule has 0 bridgehead atoms. The molecule has 0 saturated heterocycles. The maximum atomic E-state index is 12.2. The molecule has 2 aromatic rings. The van der Waals surface area contributed by atoms with Gasteiger partial charge in [-0.1, -0.05) is 30.3 Å². The van der Waals surface area contributed by atoms with E-state index in [9.17, 15) is 9.59 Å². The first kappa shape index (κ1) is 14.7. The van der Waals surface area contributed by atoms with Crippen molar-refractivity contribution in [1.82, 2.24) is 10.3 Å². The molecule has 0 aliphatic rings. The predicted octanol–water partition coefficient (Wildman–Crippen LogP) is 2.08. The average Bonchev–Trinajstić information content (AvgIpc) is 2.53. The average molecular weight is 284 g/mol. The van der Waals surface area contributed by atoms with E-state index in [1.165, 1.54) is 7.11 Å². The molecule has 1 amide bonds. The number of methoxy groups -OCH3 is 1. The number of para-hydroxylation sites is 1. The number of pyridine rings is 1. The van der Waals surface area contributed by atoms with Gasteiger partial charge in [0, 0.05) is 5.39 Å². The Morgan fingerprint density at radius 1 is 1.33 bits per heavy atom. The Bertz CT molecular complexity index is 682. The molecule has 0 radical (unpaired) electrons. The second kappa shape index (κ2) is 6.65. The zero-order valence-electron chi connectivity index (χ0n) is 11.7. The summed E-state index contributed by atoms with van der Waals surface area (Å²) in [7, 11) is 1.28. The number of aromatic nitrogens is 1. The van der Waals surface area contributed by atoms with Gasteiger partial charge in [-0.15, -0.1) is 6.58 Å². The number of rotatable bonds is 5. The normalized spacial score (nSPS) is 11.7. The molecule has 0 unspecified atom stereocenters. The first-order valence-corrected chi connectivity index (χ1v) is 6.51. The number of fused-ring (bicyclic) bond motifs is 1. The first-order chi connectivity index (χ1) is 10.2. The van der Waals surface area contributed by atoms with E-state index in [-0.39, 0.29) is 5.69 Å². The fourth-order valence-electron chi connectivity index (χ4n) is 1.95. The van der Waals surface area contributed by atoms with Crippen molar-refractivity contribution in [1.29, 1.82) is 0 Å². The molecule has 0 fully saturated rings. The lowest BCUT2D eigenvalue weighted by Gasteiger charge is -2.14. The smallest absolute Gasteiger partial charge is 0.328 e. The van der Waals surface area contributed by atoms with Crippen LogP contribution in [0.5, 0.6) is 0 Å². The minimum atomic E-state index is -0.756. The van der Waals surface area contributed by atoms with Gasteiger partial charge >= 0.3 is 5.97 Å². The summed E-state index contributed by atoms with van der Waals surface area (Å²) in [6.07, 6.45) is 1.85. The molecule has 108 valence electrons. The highest BCUT2D eigenvalue weighted by atomic mass is 16.5. The summed E-state index contributed by atoms with van der Waals surface area (Å²) in [5.74, 6) is -0.929. The molecule has 5 nitrogen and oxygen atoms in total. The van der Waals surface area contributed by atoms with Gasteiger partial charge in [-0.3, -0.25) is 4.79 Å². The van der Waals surface area contributed by atoms with Crippen molar-refractivity contribution < 1.29 is 14.3 Å². The van der Waals surface area contributed by atoms with Crippen LogP contribution >= 0.6 is 0 Å². The summed E-state index contributed by atoms with van der Waals surface area (Å²) in [6, 6.07) is 10.2. The molecule has 0 saturated carbocycles. The largest absolute Gasteiger partial charge is 0.467 e. The molecule has 1 atom stereocenters. The number of hydrogen-bond acceptors (Lipinski definition) is 4. The number of ether oxygens (including phenoxy) is 1. The van der Waals surface area contributed by atoms with Crippen molar-refractivity contribution in [3.8, 4) is 0 Å². The number of hydrogen-bond donors (Lipinski definition) is 1. The Morgan fingerprint density at radius 3 is 2.81 bits per heavy atom. The molecule has 1 aromatic carbocycles. The van der Waals surface area contributed by atoms with Crippen LogP contribution in [0.1, 0.15) is 16.9 Å². The third kappa shape index (κ3) is 3.45. The third-order valence-corrected chi connectivity index (χ3v) is 3.02. The Labute approximate surface area is 122 Å². The minimum absolute atomic E-state index is 0.256. The molecular formula is C16H16N2O3. The maximum absolute atomic E-state index is 12.2. The lowest BCUT2D eigenvalue weighted by atomic mass is 10.1. The summed E-state index contributed by atoms with van der Waals surface area (Å²) in [5, 5.41) is 3.55. The summed E-state index contributed by atoms with van der Waals surface area (Å²) >= 11 is 0. The molecule has 0 aliphatic heterocycles.